The van der Waals surface area contributed by atoms with Gasteiger partial charge in [0.05, 0.1) is 24.5 Å². The third-order valence-corrected chi connectivity index (χ3v) is 6.85. The normalized spacial score (nSPS) is 14.4. The largest absolute Gasteiger partial charge is 0.489 e. The fraction of sp³-hybridized carbons (Fsp3) is 0.152. The first kappa shape index (κ1) is 28.2. The fourth-order valence-corrected chi connectivity index (χ4v) is 4.56. The smallest absolute Gasteiger partial charge is 0.271 e. The minimum Gasteiger partial charge on any atom is -0.489 e. The zero-order valence-electron chi connectivity index (χ0n) is 23.1. The highest BCUT2D eigenvalue weighted by Crippen LogP contribution is 2.32. The van der Waals surface area contributed by atoms with E-state index in [-0.39, 0.29) is 36.7 Å². The lowest BCUT2D eigenvalue weighted by Gasteiger charge is -2.27. The highest BCUT2D eigenvalue weighted by atomic mass is 19.1. The molecule has 1 aromatic heterocycles. The molecule has 0 N–H and O–H groups in total. The zero-order chi connectivity index (χ0) is 29.6. The van der Waals surface area contributed by atoms with Gasteiger partial charge >= 0.3 is 0 Å². The average Bonchev–Trinajstić information content (AvgIpc) is 3.44. The number of aromatic nitrogens is 2. The molecule has 3 aromatic carbocycles. The van der Waals surface area contributed by atoms with Gasteiger partial charge in [0.25, 0.3) is 11.8 Å². The van der Waals surface area contributed by atoms with Gasteiger partial charge in [0.2, 0.25) is 0 Å². The lowest BCUT2D eigenvalue weighted by Crippen LogP contribution is -2.44. The molecule has 0 unspecified atom stereocenters. The Hall–Kier alpha value is -5.33. The Morgan fingerprint density at radius 2 is 1.69 bits per heavy atom. The van der Waals surface area contributed by atoms with Crippen LogP contribution in [0.25, 0.3) is 23.0 Å². The zero-order valence-corrected chi connectivity index (χ0v) is 23.1. The average molecular weight is 563 g/mol. The molecule has 4 aromatic rings. The summed E-state index contributed by atoms with van der Waals surface area (Å²) in [7, 11) is 1.48. The van der Waals surface area contributed by atoms with E-state index in [4.69, 9.17) is 14.6 Å². The Bertz CT molecular complexity index is 1720. The number of imide groups is 1. The third kappa shape index (κ3) is 5.89. The Balaban J connectivity index is 1.53. The molecular formula is C33H27FN4O4. The van der Waals surface area contributed by atoms with Crippen molar-refractivity contribution in [1.29, 1.82) is 5.26 Å². The van der Waals surface area contributed by atoms with Crippen LogP contribution in [0.5, 0.6) is 5.75 Å². The van der Waals surface area contributed by atoms with E-state index < -0.39 is 11.8 Å². The first-order chi connectivity index (χ1) is 20.4. The van der Waals surface area contributed by atoms with E-state index in [2.05, 4.69) is 0 Å². The van der Waals surface area contributed by atoms with Gasteiger partial charge in [0, 0.05) is 30.0 Å². The van der Waals surface area contributed by atoms with Crippen LogP contribution in [0, 0.1) is 17.1 Å². The quantitative estimate of drug-likeness (QED) is 0.198. The van der Waals surface area contributed by atoms with E-state index in [1.165, 1.54) is 19.2 Å². The minimum atomic E-state index is -0.634. The first-order valence-electron chi connectivity index (χ1n) is 13.2. The second-order valence-corrected chi connectivity index (χ2v) is 9.58. The van der Waals surface area contributed by atoms with Crippen LogP contribution in [-0.2, 0) is 20.9 Å². The van der Waals surface area contributed by atoms with Gasteiger partial charge in [-0.1, -0.05) is 30.3 Å². The molecule has 9 heteroatoms. The highest BCUT2D eigenvalue weighted by Gasteiger charge is 2.35. The molecule has 2 heterocycles. The molecule has 1 aliphatic heterocycles. The van der Waals surface area contributed by atoms with Gasteiger partial charge in [0.15, 0.2) is 0 Å². The van der Waals surface area contributed by atoms with Gasteiger partial charge in [-0.3, -0.25) is 14.5 Å². The Morgan fingerprint density at radius 3 is 2.36 bits per heavy atom. The SMILES string of the molecule is COCCN1C(=O)C(C#N)=C(C)/C(=C\c2cn(-c3ccccc3)nc2-c2ccc(OCc3ccc(F)cc3)cc2)C1=O. The molecule has 42 heavy (non-hydrogen) atoms. The number of amides is 2. The molecule has 0 atom stereocenters. The molecule has 1 aliphatic rings. The van der Waals surface area contributed by atoms with Gasteiger partial charge in [-0.15, -0.1) is 0 Å². The Kier molecular flexibility index (Phi) is 8.37. The standard InChI is InChI=1S/C33H27FN4O4/c1-22-29(32(39)37(16-17-41-2)33(40)30(22)19-35)18-25-20-38(27-6-4-3-5-7-27)36-31(25)24-10-14-28(15-11-24)42-21-23-8-12-26(34)13-9-23/h3-15,18,20H,16-17,21H2,1-2H3/b29-18+. The van der Waals surface area contributed by atoms with Crippen molar-refractivity contribution < 1.29 is 23.5 Å². The van der Waals surface area contributed by atoms with E-state index in [0.29, 0.717) is 22.6 Å². The summed E-state index contributed by atoms with van der Waals surface area (Å²) in [4.78, 5) is 27.4. The maximum absolute atomic E-state index is 13.5. The van der Waals surface area contributed by atoms with Crippen molar-refractivity contribution in [3.8, 4) is 28.8 Å². The Morgan fingerprint density at radius 1 is 0.976 bits per heavy atom. The predicted molar refractivity (Wildman–Crippen MR) is 155 cm³/mol. The highest BCUT2D eigenvalue weighted by molar-refractivity contribution is 6.19. The summed E-state index contributed by atoms with van der Waals surface area (Å²) < 4.78 is 25.9. The fourth-order valence-electron chi connectivity index (χ4n) is 4.56. The van der Waals surface area contributed by atoms with Crippen molar-refractivity contribution in [2.75, 3.05) is 20.3 Å². The lowest BCUT2D eigenvalue weighted by molar-refractivity contribution is -0.141. The van der Waals surface area contributed by atoms with Crippen LogP contribution >= 0.6 is 0 Å². The van der Waals surface area contributed by atoms with Crippen molar-refractivity contribution in [3.05, 3.63) is 119 Å². The summed E-state index contributed by atoms with van der Waals surface area (Å²) in [5.41, 5.74) is 4.10. The number of rotatable bonds is 9. The van der Waals surface area contributed by atoms with Gasteiger partial charge in [-0.2, -0.15) is 10.4 Å². The van der Waals surface area contributed by atoms with Gasteiger partial charge in [0.1, 0.15) is 29.8 Å². The number of carbonyl (C=O) groups excluding carboxylic acids is 2. The molecule has 210 valence electrons. The number of nitrogens with zero attached hydrogens (tertiary/aromatic N) is 4. The van der Waals surface area contributed by atoms with Crippen molar-refractivity contribution in [2.45, 2.75) is 13.5 Å². The molecule has 8 nitrogen and oxygen atoms in total. The van der Waals surface area contributed by atoms with Gasteiger partial charge in [-0.25, -0.2) is 9.07 Å². The molecule has 0 saturated carbocycles. The lowest BCUT2D eigenvalue weighted by atomic mass is 9.93. The molecular weight excluding hydrogens is 535 g/mol. The molecule has 5 rings (SSSR count). The molecule has 0 fully saturated rings. The maximum atomic E-state index is 13.5. The number of halogens is 1. The van der Waals surface area contributed by atoms with Crippen LogP contribution in [-0.4, -0.2) is 46.8 Å². The number of hydrogen-bond donors (Lipinski definition) is 0. The number of nitriles is 1. The summed E-state index contributed by atoms with van der Waals surface area (Å²) in [6, 6.07) is 25.0. The van der Waals surface area contributed by atoms with Crippen LogP contribution in [0.4, 0.5) is 4.39 Å². The van der Waals surface area contributed by atoms with Crippen LogP contribution < -0.4 is 4.74 Å². The van der Waals surface area contributed by atoms with Crippen molar-refractivity contribution >= 4 is 17.9 Å². The summed E-state index contributed by atoms with van der Waals surface area (Å²) in [5, 5.41) is 14.5. The molecule has 0 bridgehead atoms. The molecule has 2 amide bonds. The number of ether oxygens (including phenoxy) is 2. The van der Waals surface area contributed by atoms with Crippen LogP contribution in [0.1, 0.15) is 18.1 Å². The van der Waals surface area contributed by atoms with E-state index in [1.54, 1.807) is 36.0 Å². The molecule has 0 spiro atoms. The monoisotopic (exact) mass is 562 g/mol. The summed E-state index contributed by atoms with van der Waals surface area (Å²) in [5.74, 6) is -0.817. The van der Waals surface area contributed by atoms with Gasteiger partial charge < -0.3 is 9.47 Å². The second-order valence-electron chi connectivity index (χ2n) is 9.58. The van der Waals surface area contributed by atoms with E-state index in [9.17, 15) is 19.2 Å². The summed E-state index contributed by atoms with van der Waals surface area (Å²) >= 11 is 0. The van der Waals surface area contributed by atoms with E-state index >= 15 is 0 Å². The number of benzene rings is 3. The maximum Gasteiger partial charge on any atom is 0.271 e. The number of para-hydroxylation sites is 1. The Labute approximate surface area is 242 Å². The second kappa shape index (κ2) is 12.5. The topological polar surface area (TPSA) is 97.5 Å². The van der Waals surface area contributed by atoms with Crippen LogP contribution in [0.2, 0.25) is 0 Å². The summed E-state index contributed by atoms with van der Waals surface area (Å²) in [6.45, 7) is 2.06. The molecule has 0 saturated heterocycles. The van der Waals surface area contributed by atoms with Crippen molar-refractivity contribution in [2.24, 2.45) is 0 Å². The third-order valence-electron chi connectivity index (χ3n) is 6.85. The number of methoxy groups -OCH3 is 1. The van der Waals surface area contributed by atoms with Crippen LogP contribution in [0.15, 0.2) is 102 Å². The molecule has 0 aliphatic carbocycles. The minimum absolute atomic E-state index is 0.0273. The van der Waals surface area contributed by atoms with Crippen LogP contribution in [0.3, 0.4) is 0 Å². The van der Waals surface area contributed by atoms with Crippen molar-refractivity contribution in [1.82, 2.24) is 14.7 Å². The van der Waals surface area contributed by atoms with Gasteiger partial charge in [-0.05, 0) is 72.7 Å². The van der Waals surface area contributed by atoms with E-state index in [1.807, 2.05) is 60.7 Å². The molecule has 0 radical (unpaired) electrons. The number of carbonyl (C=O) groups is 2. The predicted octanol–water partition coefficient (Wildman–Crippen LogP) is 5.50. The van der Waals surface area contributed by atoms with E-state index in [0.717, 1.165) is 21.7 Å². The van der Waals surface area contributed by atoms with Crippen molar-refractivity contribution in [3.63, 3.8) is 0 Å². The first-order valence-corrected chi connectivity index (χ1v) is 13.2. The summed E-state index contributed by atoms with van der Waals surface area (Å²) in [6.07, 6.45) is 3.47. The number of hydrogen-bond acceptors (Lipinski definition) is 6.